The third kappa shape index (κ3) is 4.80. The fourth-order valence-electron chi connectivity index (χ4n) is 5.70. The number of hydrogen-bond donors (Lipinski definition) is 0. The van der Waals surface area contributed by atoms with Crippen molar-refractivity contribution in [3.63, 3.8) is 0 Å². The van der Waals surface area contributed by atoms with Crippen molar-refractivity contribution in [2.45, 2.75) is 0 Å². The number of thiophene rings is 1. The molecule has 0 aliphatic rings. The third-order valence-electron chi connectivity index (χ3n) is 7.91. The molecular weight excluding hydrogens is 541 g/mol. The van der Waals surface area contributed by atoms with Crippen molar-refractivity contribution in [1.29, 1.82) is 0 Å². The van der Waals surface area contributed by atoms with E-state index in [4.69, 9.17) is 9.97 Å². The number of rotatable bonds is 5. The van der Waals surface area contributed by atoms with Crippen LogP contribution in [0.25, 0.3) is 76.3 Å². The summed E-state index contributed by atoms with van der Waals surface area (Å²) in [4.78, 5) is 10.5. The van der Waals surface area contributed by atoms with Gasteiger partial charge in [-0.1, -0.05) is 146 Å². The molecule has 0 amide bonds. The Balaban J connectivity index is 1.32. The van der Waals surface area contributed by atoms with Crippen LogP contribution in [-0.4, -0.2) is 9.97 Å². The van der Waals surface area contributed by atoms with Crippen LogP contribution in [0.2, 0.25) is 0 Å². The van der Waals surface area contributed by atoms with Gasteiger partial charge in [0.2, 0.25) is 0 Å². The summed E-state index contributed by atoms with van der Waals surface area (Å²) < 4.78 is 2.32. The first-order valence-corrected chi connectivity index (χ1v) is 15.2. The van der Waals surface area contributed by atoms with Gasteiger partial charge in [0.05, 0.1) is 15.9 Å². The second-order valence-corrected chi connectivity index (χ2v) is 11.7. The van der Waals surface area contributed by atoms with Crippen LogP contribution in [-0.2, 0) is 0 Å². The first kappa shape index (κ1) is 25.3. The van der Waals surface area contributed by atoms with Gasteiger partial charge in [0.25, 0.3) is 0 Å². The highest BCUT2D eigenvalue weighted by molar-refractivity contribution is 7.26. The van der Waals surface area contributed by atoms with Crippen molar-refractivity contribution in [3.05, 3.63) is 158 Å². The number of fused-ring (bicyclic) bond motifs is 3. The van der Waals surface area contributed by atoms with E-state index >= 15 is 0 Å². The predicted octanol–water partition coefficient (Wildman–Crippen LogP) is 11.2. The molecule has 0 saturated heterocycles. The van der Waals surface area contributed by atoms with Crippen molar-refractivity contribution >= 4 is 31.6 Å². The Morgan fingerprint density at radius 2 is 0.860 bits per heavy atom. The van der Waals surface area contributed by atoms with E-state index in [1.54, 1.807) is 11.3 Å². The van der Waals surface area contributed by atoms with Crippen molar-refractivity contribution in [1.82, 2.24) is 9.97 Å². The Bertz CT molecular complexity index is 2200. The molecule has 2 aromatic heterocycles. The lowest BCUT2D eigenvalue weighted by molar-refractivity contribution is 1.24. The van der Waals surface area contributed by atoms with Crippen molar-refractivity contribution < 1.29 is 0 Å². The van der Waals surface area contributed by atoms with Crippen molar-refractivity contribution in [3.8, 4) is 56.0 Å². The van der Waals surface area contributed by atoms with E-state index in [-0.39, 0.29) is 0 Å². The number of nitrogens with zero attached hydrogens (tertiary/aromatic N) is 2. The second-order valence-electron chi connectivity index (χ2n) is 10.6. The second kappa shape index (κ2) is 10.8. The van der Waals surface area contributed by atoms with Crippen LogP contribution >= 0.6 is 11.3 Å². The van der Waals surface area contributed by atoms with Crippen LogP contribution in [0.3, 0.4) is 0 Å². The molecule has 0 unspecified atom stereocenters. The van der Waals surface area contributed by atoms with Gasteiger partial charge in [0, 0.05) is 21.2 Å². The van der Waals surface area contributed by atoms with Crippen LogP contribution in [0.5, 0.6) is 0 Å². The molecule has 0 radical (unpaired) electrons. The molecule has 8 aromatic rings. The molecule has 0 bridgehead atoms. The van der Waals surface area contributed by atoms with E-state index in [1.165, 1.54) is 32.5 Å². The van der Waals surface area contributed by atoms with E-state index in [9.17, 15) is 0 Å². The maximum absolute atomic E-state index is 5.25. The topological polar surface area (TPSA) is 25.8 Å². The van der Waals surface area contributed by atoms with Crippen LogP contribution in [0.4, 0.5) is 0 Å². The average molecular weight is 567 g/mol. The zero-order valence-corrected chi connectivity index (χ0v) is 24.1. The normalized spacial score (nSPS) is 11.3. The highest BCUT2D eigenvalue weighted by Gasteiger charge is 2.17. The summed E-state index contributed by atoms with van der Waals surface area (Å²) >= 11 is 1.77. The Morgan fingerprint density at radius 3 is 1.51 bits per heavy atom. The molecule has 0 N–H and O–H groups in total. The van der Waals surface area contributed by atoms with Crippen LogP contribution in [0, 0.1) is 0 Å². The number of benzene rings is 6. The van der Waals surface area contributed by atoms with Crippen LogP contribution < -0.4 is 0 Å². The minimum Gasteiger partial charge on any atom is -0.226 e. The summed E-state index contributed by atoms with van der Waals surface area (Å²) in [7, 11) is 0. The summed E-state index contributed by atoms with van der Waals surface area (Å²) in [5.41, 5.74) is 11.2. The van der Waals surface area contributed by atoms with Gasteiger partial charge in [-0.05, 0) is 45.5 Å². The number of hydrogen-bond acceptors (Lipinski definition) is 3. The Hall–Kier alpha value is -5.38. The monoisotopic (exact) mass is 566 g/mol. The van der Waals surface area contributed by atoms with Gasteiger partial charge < -0.3 is 0 Å². The molecule has 43 heavy (non-hydrogen) atoms. The minimum atomic E-state index is 0.735. The molecule has 0 fully saturated rings. The van der Waals surface area contributed by atoms with Gasteiger partial charge in [0.15, 0.2) is 5.82 Å². The third-order valence-corrected chi connectivity index (χ3v) is 9.06. The molecule has 0 atom stereocenters. The first-order chi connectivity index (χ1) is 21.3. The zero-order chi connectivity index (χ0) is 28.6. The Kier molecular flexibility index (Phi) is 6.36. The van der Waals surface area contributed by atoms with E-state index in [1.807, 2.05) is 6.07 Å². The summed E-state index contributed by atoms with van der Waals surface area (Å²) in [6, 6.07) is 55.5. The van der Waals surface area contributed by atoms with Crippen molar-refractivity contribution in [2.75, 3.05) is 0 Å². The van der Waals surface area contributed by atoms with Gasteiger partial charge in [-0.2, -0.15) is 0 Å². The SMILES string of the molecule is c1ccc(-c2ccc(-c3nc(-c4cccc(-c5ccccc5)c4)nc4c3sc3cc(-c5ccccc5)ccc34)cc2)cc1. The van der Waals surface area contributed by atoms with Crippen LogP contribution in [0.1, 0.15) is 0 Å². The van der Waals surface area contributed by atoms with Crippen LogP contribution in [0.15, 0.2) is 158 Å². The quantitative estimate of drug-likeness (QED) is 0.207. The lowest BCUT2D eigenvalue weighted by Crippen LogP contribution is -1.94. The fourth-order valence-corrected chi connectivity index (χ4v) is 6.89. The molecule has 0 aliphatic carbocycles. The molecule has 2 nitrogen and oxygen atoms in total. The molecule has 3 heteroatoms. The van der Waals surface area contributed by atoms with Crippen molar-refractivity contribution in [2.24, 2.45) is 0 Å². The fraction of sp³-hybridized carbons (Fsp3) is 0. The first-order valence-electron chi connectivity index (χ1n) is 14.4. The van der Waals surface area contributed by atoms with Gasteiger partial charge in [0.1, 0.15) is 0 Å². The Morgan fingerprint density at radius 1 is 0.372 bits per heavy atom. The largest absolute Gasteiger partial charge is 0.226 e. The molecule has 0 aliphatic heterocycles. The van der Waals surface area contributed by atoms with Gasteiger partial charge in [-0.25, -0.2) is 9.97 Å². The average Bonchev–Trinajstić information content (AvgIpc) is 3.47. The minimum absolute atomic E-state index is 0.735. The lowest BCUT2D eigenvalue weighted by atomic mass is 10.0. The van der Waals surface area contributed by atoms with E-state index in [2.05, 4.69) is 152 Å². The molecule has 6 aromatic carbocycles. The molecule has 0 saturated carbocycles. The summed E-state index contributed by atoms with van der Waals surface area (Å²) in [5.74, 6) is 0.735. The Labute approximate surface area is 254 Å². The molecule has 0 spiro atoms. The zero-order valence-electron chi connectivity index (χ0n) is 23.3. The molecular formula is C40H26N2S. The molecule has 202 valence electrons. The maximum atomic E-state index is 5.25. The van der Waals surface area contributed by atoms with E-state index in [0.717, 1.165) is 43.8 Å². The highest BCUT2D eigenvalue weighted by atomic mass is 32.1. The highest BCUT2D eigenvalue weighted by Crippen LogP contribution is 2.41. The summed E-state index contributed by atoms with van der Waals surface area (Å²) in [6.45, 7) is 0. The predicted molar refractivity (Wildman–Crippen MR) is 182 cm³/mol. The summed E-state index contributed by atoms with van der Waals surface area (Å²) in [6.07, 6.45) is 0. The molecule has 2 heterocycles. The summed E-state index contributed by atoms with van der Waals surface area (Å²) in [5, 5.41) is 1.16. The number of aromatic nitrogens is 2. The molecule has 8 rings (SSSR count). The van der Waals surface area contributed by atoms with Gasteiger partial charge >= 0.3 is 0 Å². The maximum Gasteiger partial charge on any atom is 0.160 e. The van der Waals surface area contributed by atoms with E-state index in [0.29, 0.717) is 0 Å². The smallest absolute Gasteiger partial charge is 0.160 e. The van der Waals surface area contributed by atoms with E-state index < -0.39 is 0 Å². The van der Waals surface area contributed by atoms with Gasteiger partial charge in [-0.3, -0.25) is 0 Å². The lowest BCUT2D eigenvalue weighted by Gasteiger charge is -2.09. The van der Waals surface area contributed by atoms with Gasteiger partial charge in [-0.15, -0.1) is 11.3 Å². The standard InChI is InChI=1S/C40H26N2S/c1-4-11-27(12-5-1)30-19-21-31(22-20-30)37-39-38(35-24-23-33(26-36(35)43-39)29-15-8-3-9-16-29)42-40(41-37)34-18-10-17-32(25-34)28-13-6-2-7-14-28/h1-26H.